The number of rotatable bonds is 5. The Morgan fingerprint density at radius 3 is 2.44 bits per heavy atom. The molecular weight excluding hydrogens is 254 g/mol. The molecule has 0 radical (unpaired) electrons. The molecule has 0 aromatic carbocycles. The Kier molecular flexibility index (Phi) is 3.71. The van der Waals surface area contributed by atoms with Crippen molar-refractivity contribution in [2.24, 2.45) is 0 Å². The minimum absolute atomic E-state index is 0.0287. The van der Waals surface area contributed by atoms with Gasteiger partial charge in [-0.25, -0.2) is 21.6 Å². The molecule has 0 atom stereocenters. The molecule has 0 saturated heterocycles. The molecule has 0 aliphatic rings. The van der Waals surface area contributed by atoms with Crippen LogP contribution in [0.15, 0.2) is 11.1 Å². The fourth-order valence-corrected chi connectivity index (χ4v) is 2.82. The number of nitrogens with one attached hydrogen (secondary N) is 2. The second-order valence-corrected chi connectivity index (χ2v) is 7.38. The zero-order chi connectivity index (χ0) is 12.4. The van der Waals surface area contributed by atoms with Gasteiger partial charge in [-0.1, -0.05) is 0 Å². The third-order valence-electron chi connectivity index (χ3n) is 1.84. The van der Waals surface area contributed by atoms with Gasteiger partial charge in [-0.3, -0.25) is 5.10 Å². The van der Waals surface area contributed by atoms with Gasteiger partial charge in [0.2, 0.25) is 10.0 Å². The number of aromatic nitrogens is 2. The van der Waals surface area contributed by atoms with Crippen LogP contribution in [0.1, 0.15) is 5.69 Å². The normalized spacial score (nSPS) is 12.9. The molecule has 92 valence electrons. The first-order valence-electron chi connectivity index (χ1n) is 4.40. The Morgan fingerprint density at radius 2 is 2.00 bits per heavy atom. The van der Waals surface area contributed by atoms with Crippen molar-refractivity contribution in [3.63, 3.8) is 0 Å². The molecule has 0 spiro atoms. The lowest BCUT2D eigenvalue weighted by Gasteiger charge is -2.04. The Labute approximate surface area is 94.2 Å². The van der Waals surface area contributed by atoms with Gasteiger partial charge in [-0.15, -0.1) is 0 Å². The highest BCUT2D eigenvalue weighted by atomic mass is 32.2. The average Bonchev–Trinajstić information content (AvgIpc) is 2.48. The van der Waals surface area contributed by atoms with Gasteiger partial charge in [-0.05, 0) is 6.92 Å². The fraction of sp³-hybridized carbons (Fsp3) is 0.571. The van der Waals surface area contributed by atoms with E-state index in [0.717, 1.165) is 6.26 Å². The Bertz CT molecular complexity index is 558. The van der Waals surface area contributed by atoms with Crippen molar-refractivity contribution in [2.75, 3.05) is 18.6 Å². The summed E-state index contributed by atoms with van der Waals surface area (Å²) < 4.78 is 47.1. The van der Waals surface area contributed by atoms with Crippen molar-refractivity contribution in [1.82, 2.24) is 14.9 Å². The first-order chi connectivity index (χ1) is 7.22. The second kappa shape index (κ2) is 4.52. The van der Waals surface area contributed by atoms with Crippen molar-refractivity contribution in [3.05, 3.63) is 11.9 Å². The monoisotopic (exact) mass is 267 g/mol. The molecule has 0 aliphatic carbocycles. The van der Waals surface area contributed by atoms with Crippen LogP contribution in [0.25, 0.3) is 0 Å². The van der Waals surface area contributed by atoms with Gasteiger partial charge in [0.1, 0.15) is 14.7 Å². The number of hydrogen-bond donors (Lipinski definition) is 2. The SMILES string of the molecule is Cc1[nH]ncc1S(=O)(=O)NCCS(C)(=O)=O. The van der Waals surface area contributed by atoms with E-state index in [1.807, 2.05) is 0 Å². The smallest absolute Gasteiger partial charge is 0.243 e. The number of aryl methyl sites for hydroxylation is 1. The van der Waals surface area contributed by atoms with Crippen LogP contribution in [-0.4, -0.2) is 45.6 Å². The molecule has 9 heteroatoms. The molecule has 0 aliphatic heterocycles. The maximum absolute atomic E-state index is 11.6. The number of nitrogens with zero attached hydrogens (tertiary/aromatic N) is 1. The minimum atomic E-state index is -3.68. The van der Waals surface area contributed by atoms with Crippen molar-refractivity contribution in [2.45, 2.75) is 11.8 Å². The maximum Gasteiger partial charge on any atom is 0.243 e. The van der Waals surface area contributed by atoms with E-state index in [1.54, 1.807) is 6.92 Å². The van der Waals surface area contributed by atoms with Gasteiger partial charge >= 0.3 is 0 Å². The van der Waals surface area contributed by atoms with Crippen molar-refractivity contribution in [3.8, 4) is 0 Å². The highest BCUT2D eigenvalue weighted by Gasteiger charge is 2.18. The van der Waals surface area contributed by atoms with Crippen LogP contribution in [-0.2, 0) is 19.9 Å². The van der Waals surface area contributed by atoms with Crippen LogP contribution in [0.3, 0.4) is 0 Å². The van der Waals surface area contributed by atoms with Crippen LogP contribution >= 0.6 is 0 Å². The zero-order valence-corrected chi connectivity index (χ0v) is 10.5. The highest BCUT2D eigenvalue weighted by molar-refractivity contribution is 7.91. The molecule has 1 rings (SSSR count). The topological polar surface area (TPSA) is 109 Å². The van der Waals surface area contributed by atoms with Gasteiger partial charge in [0.05, 0.1) is 17.6 Å². The van der Waals surface area contributed by atoms with Crippen LogP contribution < -0.4 is 4.72 Å². The molecule has 1 heterocycles. The van der Waals surface area contributed by atoms with Gasteiger partial charge in [0, 0.05) is 12.8 Å². The summed E-state index contributed by atoms with van der Waals surface area (Å²) in [7, 11) is -6.85. The summed E-state index contributed by atoms with van der Waals surface area (Å²) in [5.74, 6) is -0.233. The van der Waals surface area contributed by atoms with Crippen LogP contribution in [0.4, 0.5) is 0 Å². The lowest BCUT2D eigenvalue weighted by molar-refractivity contribution is 0.581. The summed E-state index contributed by atoms with van der Waals surface area (Å²) in [4.78, 5) is 0.0287. The van der Waals surface area contributed by atoms with Crippen LogP contribution in [0, 0.1) is 6.92 Å². The summed E-state index contributed by atoms with van der Waals surface area (Å²) in [6, 6.07) is 0. The largest absolute Gasteiger partial charge is 0.281 e. The third kappa shape index (κ3) is 3.58. The summed E-state index contributed by atoms with van der Waals surface area (Å²) in [6.45, 7) is 1.42. The van der Waals surface area contributed by atoms with Gasteiger partial charge < -0.3 is 0 Å². The molecule has 0 saturated carbocycles. The average molecular weight is 267 g/mol. The van der Waals surface area contributed by atoms with Gasteiger partial charge in [-0.2, -0.15) is 5.10 Å². The number of aromatic amines is 1. The summed E-state index contributed by atoms with van der Waals surface area (Å²) in [5.41, 5.74) is 0.409. The number of H-pyrrole nitrogens is 1. The Hall–Kier alpha value is -0.930. The lowest BCUT2D eigenvalue weighted by atomic mass is 10.5. The van der Waals surface area contributed by atoms with Crippen molar-refractivity contribution >= 4 is 19.9 Å². The molecule has 1 aromatic heterocycles. The maximum atomic E-state index is 11.6. The molecule has 0 fully saturated rings. The predicted molar refractivity (Wildman–Crippen MR) is 58.2 cm³/mol. The Morgan fingerprint density at radius 1 is 1.38 bits per heavy atom. The second-order valence-electron chi connectivity index (χ2n) is 3.39. The van der Waals surface area contributed by atoms with E-state index in [4.69, 9.17) is 0 Å². The first kappa shape index (κ1) is 13.1. The number of sulfone groups is 1. The molecule has 1 aromatic rings. The van der Waals surface area contributed by atoms with E-state index in [1.165, 1.54) is 6.20 Å². The number of hydrogen-bond acceptors (Lipinski definition) is 5. The van der Waals surface area contributed by atoms with E-state index in [0.29, 0.717) is 5.69 Å². The summed E-state index contributed by atoms with van der Waals surface area (Å²) >= 11 is 0. The molecule has 2 N–H and O–H groups in total. The molecule has 16 heavy (non-hydrogen) atoms. The summed E-state index contributed by atoms with van der Waals surface area (Å²) in [5, 5.41) is 6.08. The third-order valence-corrected chi connectivity index (χ3v) is 4.36. The van der Waals surface area contributed by atoms with Crippen molar-refractivity contribution < 1.29 is 16.8 Å². The number of sulfonamides is 1. The zero-order valence-electron chi connectivity index (χ0n) is 8.89. The van der Waals surface area contributed by atoms with Gasteiger partial charge in [0.25, 0.3) is 0 Å². The quantitative estimate of drug-likeness (QED) is 0.714. The minimum Gasteiger partial charge on any atom is -0.281 e. The van der Waals surface area contributed by atoms with E-state index in [-0.39, 0.29) is 17.2 Å². The lowest BCUT2D eigenvalue weighted by Crippen LogP contribution is -2.29. The molecule has 0 bridgehead atoms. The molecule has 7 nitrogen and oxygen atoms in total. The molecule has 0 amide bonds. The fourth-order valence-electron chi connectivity index (χ4n) is 1.05. The van der Waals surface area contributed by atoms with Gasteiger partial charge in [0.15, 0.2) is 0 Å². The standard InChI is InChI=1S/C7H13N3O4S2/c1-6-7(5-8-10-6)16(13,14)9-3-4-15(2,11)12/h5,9H,3-4H2,1-2H3,(H,8,10). The molecular formula is C7H13N3O4S2. The van der Waals surface area contributed by atoms with Crippen molar-refractivity contribution in [1.29, 1.82) is 0 Å². The molecule has 0 unspecified atom stereocenters. The highest BCUT2D eigenvalue weighted by Crippen LogP contribution is 2.09. The van der Waals surface area contributed by atoms with E-state index in [9.17, 15) is 16.8 Å². The van der Waals surface area contributed by atoms with Crippen LogP contribution in [0.5, 0.6) is 0 Å². The van der Waals surface area contributed by atoms with Crippen LogP contribution in [0.2, 0.25) is 0 Å². The Balaban J connectivity index is 2.72. The van der Waals surface area contributed by atoms with E-state index >= 15 is 0 Å². The van der Waals surface area contributed by atoms with E-state index < -0.39 is 19.9 Å². The summed E-state index contributed by atoms with van der Waals surface area (Å²) in [6.07, 6.45) is 2.22. The first-order valence-corrected chi connectivity index (χ1v) is 7.94. The predicted octanol–water partition coefficient (Wildman–Crippen LogP) is -0.959. The van der Waals surface area contributed by atoms with E-state index in [2.05, 4.69) is 14.9 Å².